The maximum Gasteiger partial charge on any atom is 0.223 e. The number of nitrogens with zero attached hydrogens (tertiary/aromatic N) is 2. The molecule has 0 radical (unpaired) electrons. The van der Waals surface area contributed by atoms with E-state index < -0.39 is 0 Å². The molecule has 1 aromatic heterocycles. The van der Waals surface area contributed by atoms with E-state index >= 15 is 0 Å². The van der Waals surface area contributed by atoms with E-state index in [9.17, 15) is 9.18 Å². The summed E-state index contributed by atoms with van der Waals surface area (Å²) in [6.45, 7) is 0.620. The van der Waals surface area contributed by atoms with Crippen molar-refractivity contribution in [1.29, 1.82) is 0 Å². The number of carbonyl (C=O) groups is 1. The number of aromatic nitrogens is 2. The summed E-state index contributed by atoms with van der Waals surface area (Å²) < 4.78 is 13.2. The van der Waals surface area contributed by atoms with Gasteiger partial charge in [0.05, 0.1) is 11.3 Å². The molecule has 1 aliphatic rings. The van der Waals surface area contributed by atoms with Gasteiger partial charge in [0.25, 0.3) is 0 Å². The van der Waals surface area contributed by atoms with Crippen LogP contribution in [-0.4, -0.2) is 15.8 Å². The van der Waals surface area contributed by atoms with Crippen LogP contribution in [0.15, 0.2) is 60.8 Å². The Morgan fingerprint density at radius 1 is 1.04 bits per heavy atom. The quantitative estimate of drug-likeness (QED) is 0.771. The third-order valence-corrected chi connectivity index (χ3v) is 4.67. The van der Waals surface area contributed by atoms with Crippen LogP contribution in [0.2, 0.25) is 0 Å². The third-order valence-electron chi connectivity index (χ3n) is 4.67. The van der Waals surface area contributed by atoms with Gasteiger partial charge >= 0.3 is 0 Å². The van der Waals surface area contributed by atoms with Gasteiger partial charge in [-0.1, -0.05) is 42.5 Å². The standard InChI is InChI=1S/C21H18FN3O/c22-17-8-6-15(7-9-17)16-10-19-18(20(26)11-16)13-24-21(25-19)23-12-14-4-2-1-3-5-14/h1-9,13,16H,10-12H2,(H,23,24,25)/t16-/m1/s1. The number of halogens is 1. The number of ketones is 1. The zero-order chi connectivity index (χ0) is 17.9. The maximum absolute atomic E-state index is 13.2. The lowest BCUT2D eigenvalue weighted by molar-refractivity contribution is 0.0962. The normalized spacial score (nSPS) is 16.2. The van der Waals surface area contributed by atoms with Gasteiger partial charge in [0, 0.05) is 19.2 Å². The SMILES string of the molecule is O=C1C[C@H](c2ccc(F)cc2)Cc2nc(NCc3ccccc3)ncc21. The van der Waals surface area contributed by atoms with Crippen LogP contribution in [0.3, 0.4) is 0 Å². The molecule has 4 nitrogen and oxygen atoms in total. The van der Waals surface area contributed by atoms with Crippen LogP contribution in [0, 0.1) is 5.82 Å². The summed E-state index contributed by atoms with van der Waals surface area (Å²) in [4.78, 5) is 21.3. The monoisotopic (exact) mass is 347 g/mol. The van der Waals surface area contributed by atoms with Gasteiger partial charge in [0.15, 0.2) is 5.78 Å². The Labute approximate surface area is 151 Å². The molecular formula is C21H18FN3O. The molecule has 2 aromatic carbocycles. The first-order chi connectivity index (χ1) is 12.7. The molecule has 1 aliphatic carbocycles. The highest BCUT2D eigenvalue weighted by atomic mass is 19.1. The Morgan fingerprint density at radius 3 is 2.58 bits per heavy atom. The molecule has 4 rings (SSSR count). The Bertz CT molecular complexity index is 926. The van der Waals surface area contributed by atoms with Crippen molar-refractivity contribution in [3.05, 3.63) is 89.0 Å². The van der Waals surface area contributed by atoms with Crippen molar-refractivity contribution in [2.24, 2.45) is 0 Å². The highest BCUT2D eigenvalue weighted by molar-refractivity contribution is 5.98. The summed E-state index contributed by atoms with van der Waals surface area (Å²) >= 11 is 0. The molecule has 0 fully saturated rings. The number of carbonyl (C=O) groups excluding carboxylic acids is 1. The molecule has 26 heavy (non-hydrogen) atoms. The van der Waals surface area contributed by atoms with Crippen molar-refractivity contribution in [2.75, 3.05) is 5.32 Å². The third kappa shape index (κ3) is 3.47. The van der Waals surface area contributed by atoms with E-state index in [1.807, 2.05) is 30.3 Å². The molecule has 3 aromatic rings. The van der Waals surface area contributed by atoms with E-state index in [4.69, 9.17) is 0 Å². The number of anilines is 1. The van der Waals surface area contributed by atoms with Crippen LogP contribution in [0.5, 0.6) is 0 Å². The van der Waals surface area contributed by atoms with Gasteiger partial charge in [0.2, 0.25) is 5.95 Å². The Kier molecular flexibility index (Phi) is 4.44. The van der Waals surface area contributed by atoms with Crippen molar-refractivity contribution in [2.45, 2.75) is 25.3 Å². The van der Waals surface area contributed by atoms with Gasteiger partial charge in [0.1, 0.15) is 5.82 Å². The fourth-order valence-corrected chi connectivity index (χ4v) is 3.28. The van der Waals surface area contributed by atoms with Crippen LogP contribution in [-0.2, 0) is 13.0 Å². The lowest BCUT2D eigenvalue weighted by Gasteiger charge is -2.23. The molecule has 1 heterocycles. The second-order valence-corrected chi connectivity index (χ2v) is 6.47. The number of rotatable bonds is 4. The zero-order valence-electron chi connectivity index (χ0n) is 14.2. The average Bonchev–Trinajstić information content (AvgIpc) is 2.67. The fourth-order valence-electron chi connectivity index (χ4n) is 3.28. The average molecular weight is 347 g/mol. The predicted octanol–water partition coefficient (Wildman–Crippen LogP) is 4.14. The Hall–Kier alpha value is -3.08. The van der Waals surface area contributed by atoms with Crippen LogP contribution < -0.4 is 5.32 Å². The number of nitrogens with one attached hydrogen (secondary N) is 1. The summed E-state index contributed by atoms with van der Waals surface area (Å²) in [5, 5.41) is 3.20. The van der Waals surface area contributed by atoms with Crippen LogP contribution in [0.25, 0.3) is 0 Å². The minimum Gasteiger partial charge on any atom is -0.350 e. The Morgan fingerprint density at radius 2 is 1.81 bits per heavy atom. The van der Waals surface area contributed by atoms with Crippen molar-refractivity contribution in [3.8, 4) is 0 Å². The lowest BCUT2D eigenvalue weighted by Crippen LogP contribution is -2.21. The van der Waals surface area contributed by atoms with Crippen LogP contribution >= 0.6 is 0 Å². The highest BCUT2D eigenvalue weighted by Gasteiger charge is 2.28. The summed E-state index contributed by atoms with van der Waals surface area (Å²) in [6, 6.07) is 16.3. The molecule has 0 saturated carbocycles. The zero-order valence-corrected chi connectivity index (χ0v) is 14.2. The first-order valence-corrected chi connectivity index (χ1v) is 8.61. The number of fused-ring (bicyclic) bond motifs is 1. The molecule has 1 N–H and O–H groups in total. The molecule has 1 atom stereocenters. The molecule has 0 unspecified atom stereocenters. The van der Waals surface area contributed by atoms with E-state index in [2.05, 4.69) is 15.3 Å². The molecule has 5 heteroatoms. The smallest absolute Gasteiger partial charge is 0.223 e. The van der Waals surface area contributed by atoms with E-state index in [0.717, 1.165) is 16.8 Å². The number of Topliss-reactive ketones (excluding diaryl/α,β-unsaturated/α-hetero) is 1. The second kappa shape index (κ2) is 7.04. The van der Waals surface area contributed by atoms with Crippen molar-refractivity contribution in [3.63, 3.8) is 0 Å². The summed E-state index contributed by atoms with van der Waals surface area (Å²) in [5.74, 6) is 0.300. The van der Waals surface area contributed by atoms with Crippen molar-refractivity contribution in [1.82, 2.24) is 9.97 Å². The lowest BCUT2D eigenvalue weighted by atomic mass is 9.82. The van der Waals surface area contributed by atoms with Crippen LogP contribution in [0.4, 0.5) is 10.3 Å². The first kappa shape index (κ1) is 16.4. The number of hydrogen-bond acceptors (Lipinski definition) is 4. The Balaban J connectivity index is 1.53. The van der Waals surface area contributed by atoms with Crippen LogP contribution in [0.1, 0.15) is 39.5 Å². The van der Waals surface area contributed by atoms with E-state index in [1.54, 1.807) is 18.3 Å². The van der Waals surface area contributed by atoms with Crippen molar-refractivity contribution < 1.29 is 9.18 Å². The van der Waals surface area contributed by atoms with Crippen molar-refractivity contribution >= 4 is 11.7 Å². The largest absolute Gasteiger partial charge is 0.350 e. The second-order valence-electron chi connectivity index (χ2n) is 6.47. The maximum atomic E-state index is 13.2. The van der Waals surface area contributed by atoms with E-state index in [-0.39, 0.29) is 17.5 Å². The molecule has 0 spiro atoms. The summed E-state index contributed by atoms with van der Waals surface area (Å²) in [5.41, 5.74) is 3.44. The van der Waals surface area contributed by atoms with E-state index in [1.165, 1.54) is 12.1 Å². The number of hydrogen-bond donors (Lipinski definition) is 1. The number of benzene rings is 2. The van der Waals surface area contributed by atoms with Gasteiger partial charge in [-0.2, -0.15) is 0 Å². The van der Waals surface area contributed by atoms with Gasteiger partial charge < -0.3 is 5.32 Å². The first-order valence-electron chi connectivity index (χ1n) is 8.61. The highest BCUT2D eigenvalue weighted by Crippen LogP contribution is 2.32. The molecule has 0 bridgehead atoms. The molecule has 130 valence electrons. The van der Waals surface area contributed by atoms with Gasteiger partial charge in [-0.15, -0.1) is 0 Å². The topological polar surface area (TPSA) is 54.9 Å². The van der Waals surface area contributed by atoms with Gasteiger partial charge in [-0.05, 0) is 35.6 Å². The van der Waals surface area contributed by atoms with E-state index in [0.29, 0.717) is 30.9 Å². The fraction of sp³-hybridized carbons (Fsp3) is 0.190. The molecule has 0 aliphatic heterocycles. The minimum atomic E-state index is -0.272. The molecular weight excluding hydrogens is 329 g/mol. The summed E-state index contributed by atoms with van der Waals surface area (Å²) in [7, 11) is 0. The molecule has 0 saturated heterocycles. The van der Waals surface area contributed by atoms with Gasteiger partial charge in [-0.3, -0.25) is 4.79 Å². The van der Waals surface area contributed by atoms with Gasteiger partial charge in [-0.25, -0.2) is 14.4 Å². The summed E-state index contributed by atoms with van der Waals surface area (Å²) in [6.07, 6.45) is 2.66. The minimum absolute atomic E-state index is 0.0208. The predicted molar refractivity (Wildman–Crippen MR) is 97.6 cm³/mol. The molecule has 0 amide bonds.